The van der Waals surface area contributed by atoms with Gasteiger partial charge in [-0.15, -0.1) is 11.3 Å². The molecule has 4 heteroatoms. The van der Waals surface area contributed by atoms with Crippen molar-refractivity contribution in [1.29, 1.82) is 0 Å². The van der Waals surface area contributed by atoms with Crippen LogP contribution in [0.1, 0.15) is 35.6 Å². The Morgan fingerprint density at radius 1 is 1.32 bits per heavy atom. The molecule has 0 aliphatic carbocycles. The molecular formula is C15H20N2OS. The normalized spacial score (nSPS) is 12.4. The fourth-order valence-corrected chi connectivity index (χ4v) is 2.80. The summed E-state index contributed by atoms with van der Waals surface area (Å²) >= 11 is 1.69. The van der Waals surface area contributed by atoms with E-state index in [1.54, 1.807) is 11.3 Å². The average Bonchev–Trinajstić information content (AvgIpc) is 2.83. The fraction of sp³-hybridized carbons (Fsp3) is 0.400. The monoisotopic (exact) mass is 276 g/mol. The Kier molecular flexibility index (Phi) is 4.56. The molecule has 1 aromatic carbocycles. The van der Waals surface area contributed by atoms with Crippen LogP contribution in [0.2, 0.25) is 0 Å². The van der Waals surface area contributed by atoms with Gasteiger partial charge in [0, 0.05) is 17.6 Å². The molecule has 0 radical (unpaired) electrons. The first kappa shape index (κ1) is 14.0. The highest BCUT2D eigenvalue weighted by Crippen LogP contribution is 2.23. The second kappa shape index (κ2) is 6.17. The topological polar surface area (TPSA) is 36.4 Å². The Balaban J connectivity index is 2.07. The Morgan fingerprint density at radius 3 is 2.53 bits per heavy atom. The van der Waals surface area contributed by atoms with E-state index in [2.05, 4.69) is 29.1 Å². The van der Waals surface area contributed by atoms with E-state index < -0.39 is 0 Å². The molecule has 2 aromatic rings. The van der Waals surface area contributed by atoms with Gasteiger partial charge in [-0.3, -0.25) is 0 Å². The molecule has 0 spiro atoms. The first-order valence-corrected chi connectivity index (χ1v) is 7.38. The number of aromatic nitrogens is 1. The molecule has 0 bridgehead atoms. The number of hydrogen-bond acceptors (Lipinski definition) is 4. The molecule has 0 aliphatic rings. The lowest BCUT2D eigenvalue weighted by Gasteiger charge is -2.19. The van der Waals surface area contributed by atoms with Crippen molar-refractivity contribution in [3.63, 3.8) is 0 Å². The quantitative estimate of drug-likeness (QED) is 0.907. The SMILES string of the molecule is CC[C@@H](O)c1ccc(N(C)Cc2scnc2C)cc1. The molecule has 102 valence electrons. The molecule has 1 heterocycles. The summed E-state index contributed by atoms with van der Waals surface area (Å²) in [6, 6.07) is 8.12. The zero-order valence-corrected chi connectivity index (χ0v) is 12.4. The number of aliphatic hydroxyl groups excluding tert-OH is 1. The number of thiazole rings is 1. The number of nitrogens with zero attached hydrogens (tertiary/aromatic N) is 2. The van der Waals surface area contributed by atoms with E-state index in [0.29, 0.717) is 0 Å². The van der Waals surface area contributed by atoms with Crippen molar-refractivity contribution in [3.8, 4) is 0 Å². The highest BCUT2D eigenvalue weighted by molar-refractivity contribution is 7.09. The highest BCUT2D eigenvalue weighted by atomic mass is 32.1. The van der Waals surface area contributed by atoms with Gasteiger partial charge in [-0.25, -0.2) is 4.98 Å². The highest BCUT2D eigenvalue weighted by Gasteiger charge is 2.08. The third-order valence-corrected chi connectivity index (χ3v) is 4.25. The minimum absolute atomic E-state index is 0.358. The Bertz CT molecular complexity index is 521. The number of anilines is 1. The lowest BCUT2D eigenvalue weighted by atomic mass is 10.1. The number of aliphatic hydroxyl groups is 1. The summed E-state index contributed by atoms with van der Waals surface area (Å²) in [7, 11) is 2.07. The van der Waals surface area contributed by atoms with Gasteiger partial charge in [-0.1, -0.05) is 19.1 Å². The Morgan fingerprint density at radius 2 is 2.00 bits per heavy atom. The molecule has 0 aliphatic heterocycles. The fourth-order valence-electron chi connectivity index (χ4n) is 1.97. The molecule has 19 heavy (non-hydrogen) atoms. The second-order valence-electron chi connectivity index (χ2n) is 4.73. The van der Waals surface area contributed by atoms with Crippen molar-refractivity contribution in [1.82, 2.24) is 4.98 Å². The van der Waals surface area contributed by atoms with Gasteiger partial charge in [-0.05, 0) is 31.0 Å². The van der Waals surface area contributed by atoms with Gasteiger partial charge in [0.25, 0.3) is 0 Å². The van der Waals surface area contributed by atoms with Gasteiger partial charge in [0.1, 0.15) is 0 Å². The summed E-state index contributed by atoms with van der Waals surface area (Å²) in [5.74, 6) is 0. The molecule has 0 amide bonds. The molecule has 0 saturated carbocycles. The van der Waals surface area contributed by atoms with Crippen LogP contribution in [-0.2, 0) is 6.54 Å². The maximum atomic E-state index is 9.78. The lowest BCUT2D eigenvalue weighted by molar-refractivity contribution is 0.173. The van der Waals surface area contributed by atoms with Gasteiger partial charge in [0.2, 0.25) is 0 Å². The maximum absolute atomic E-state index is 9.78. The van der Waals surface area contributed by atoms with Gasteiger partial charge < -0.3 is 10.0 Å². The number of rotatable bonds is 5. The molecule has 3 nitrogen and oxygen atoms in total. The standard InChI is InChI=1S/C15H20N2OS/c1-4-14(18)12-5-7-13(8-6-12)17(3)9-15-11(2)16-10-19-15/h5-8,10,14,18H,4,9H2,1-3H3/t14-/m1/s1. The van der Waals surface area contributed by atoms with Crippen LogP contribution in [0.15, 0.2) is 29.8 Å². The molecule has 1 atom stereocenters. The summed E-state index contributed by atoms with van der Waals surface area (Å²) < 4.78 is 0. The van der Waals surface area contributed by atoms with Crippen LogP contribution >= 0.6 is 11.3 Å². The van der Waals surface area contributed by atoms with Crippen molar-refractivity contribution in [3.05, 3.63) is 45.9 Å². The molecule has 0 unspecified atom stereocenters. The number of benzene rings is 1. The third kappa shape index (κ3) is 3.33. The summed E-state index contributed by atoms with van der Waals surface area (Å²) in [4.78, 5) is 7.76. The van der Waals surface area contributed by atoms with E-state index >= 15 is 0 Å². The smallest absolute Gasteiger partial charge is 0.0798 e. The van der Waals surface area contributed by atoms with Crippen LogP contribution < -0.4 is 4.90 Å². The van der Waals surface area contributed by atoms with Crippen molar-refractivity contribution >= 4 is 17.0 Å². The Labute approximate surface area is 118 Å². The first-order valence-electron chi connectivity index (χ1n) is 6.50. The van der Waals surface area contributed by atoms with E-state index in [-0.39, 0.29) is 6.10 Å². The maximum Gasteiger partial charge on any atom is 0.0798 e. The minimum Gasteiger partial charge on any atom is -0.388 e. The van der Waals surface area contributed by atoms with Crippen molar-refractivity contribution in [2.24, 2.45) is 0 Å². The second-order valence-corrected chi connectivity index (χ2v) is 5.67. The van der Waals surface area contributed by atoms with Gasteiger partial charge in [0.15, 0.2) is 0 Å². The number of hydrogen-bond donors (Lipinski definition) is 1. The predicted molar refractivity (Wildman–Crippen MR) is 80.7 cm³/mol. The molecule has 2 rings (SSSR count). The summed E-state index contributed by atoms with van der Waals surface area (Å²) in [6.07, 6.45) is 0.387. The summed E-state index contributed by atoms with van der Waals surface area (Å²) in [6.45, 7) is 4.89. The van der Waals surface area contributed by atoms with Gasteiger partial charge in [0.05, 0.1) is 23.9 Å². The van der Waals surface area contributed by atoms with Crippen LogP contribution in [0.25, 0.3) is 0 Å². The largest absolute Gasteiger partial charge is 0.388 e. The number of aryl methyl sites for hydroxylation is 1. The predicted octanol–water partition coefficient (Wildman–Crippen LogP) is 3.53. The van der Waals surface area contributed by atoms with Crippen molar-refractivity contribution in [2.75, 3.05) is 11.9 Å². The zero-order chi connectivity index (χ0) is 13.8. The molecule has 0 fully saturated rings. The molecular weight excluding hydrogens is 256 g/mol. The van der Waals surface area contributed by atoms with E-state index in [9.17, 15) is 5.11 Å². The van der Waals surface area contributed by atoms with Crippen molar-refractivity contribution in [2.45, 2.75) is 32.9 Å². The van der Waals surface area contributed by atoms with Gasteiger partial charge in [-0.2, -0.15) is 0 Å². The van der Waals surface area contributed by atoms with Gasteiger partial charge >= 0.3 is 0 Å². The summed E-state index contributed by atoms with van der Waals surface area (Å²) in [5.41, 5.74) is 5.13. The first-order chi connectivity index (χ1) is 9.11. The van der Waals surface area contributed by atoms with Crippen LogP contribution in [-0.4, -0.2) is 17.1 Å². The van der Waals surface area contributed by atoms with E-state index in [0.717, 1.165) is 29.9 Å². The van der Waals surface area contributed by atoms with E-state index in [1.807, 2.05) is 31.5 Å². The molecule has 1 N–H and O–H groups in total. The van der Waals surface area contributed by atoms with Crippen LogP contribution in [0.4, 0.5) is 5.69 Å². The third-order valence-electron chi connectivity index (χ3n) is 3.33. The van der Waals surface area contributed by atoms with Crippen molar-refractivity contribution < 1.29 is 5.11 Å². The minimum atomic E-state index is -0.358. The lowest BCUT2D eigenvalue weighted by Crippen LogP contribution is -2.16. The molecule has 1 aromatic heterocycles. The van der Waals surface area contributed by atoms with Crippen LogP contribution in [0.3, 0.4) is 0 Å². The van der Waals surface area contributed by atoms with E-state index in [4.69, 9.17) is 0 Å². The van der Waals surface area contributed by atoms with Crippen LogP contribution in [0, 0.1) is 6.92 Å². The summed E-state index contributed by atoms with van der Waals surface area (Å²) in [5, 5.41) is 9.78. The zero-order valence-electron chi connectivity index (χ0n) is 11.6. The molecule has 0 saturated heterocycles. The van der Waals surface area contributed by atoms with Crippen LogP contribution in [0.5, 0.6) is 0 Å². The Hall–Kier alpha value is -1.39. The average molecular weight is 276 g/mol. The van der Waals surface area contributed by atoms with E-state index in [1.165, 1.54) is 4.88 Å².